The maximum atomic E-state index is 12.0. The van der Waals surface area contributed by atoms with Gasteiger partial charge in [-0.2, -0.15) is 13.9 Å². The second-order valence-electron chi connectivity index (χ2n) is 3.65. The molecule has 1 N–H and O–H groups in total. The zero-order chi connectivity index (χ0) is 15.0. The minimum Gasteiger partial charge on any atom is -0.449 e. The molecule has 0 saturated carbocycles. The molecular formula is C13H16F2N2O3. The molecule has 0 radical (unpaired) electrons. The van der Waals surface area contributed by atoms with Crippen LogP contribution in [0.1, 0.15) is 25.8 Å². The van der Waals surface area contributed by atoms with E-state index in [1.165, 1.54) is 12.1 Å². The fourth-order valence-electron chi connectivity index (χ4n) is 1.45. The van der Waals surface area contributed by atoms with Crippen LogP contribution in [0.3, 0.4) is 0 Å². The molecule has 7 heteroatoms. The van der Waals surface area contributed by atoms with Gasteiger partial charge in [-0.3, -0.25) is 0 Å². The number of alkyl halides is 2. The first-order valence-electron chi connectivity index (χ1n) is 6.11. The standard InChI is InChI=1S/C13H16F2N2O3/c1-3-11(16-17-13(18)19-4-2)9-5-7-10(8-6-9)20-12(14)15/h5-8,12H,3-4H2,1-2H3,(H,17,18)/b16-11+. The van der Waals surface area contributed by atoms with Crippen LogP contribution in [0.5, 0.6) is 5.75 Å². The average Bonchev–Trinajstić information content (AvgIpc) is 2.41. The Labute approximate surface area is 115 Å². The van der Waals surface area contributed by atoms with Crippen molar-refractivity contribution in [1.29, 1.82) is 0 Å². The van der Waals surface area contributed by atoms with Crippen LogP contribution in [0.4, 0.5) is 13.6 Å². The second-order valence-corrected chi connectivity index (χ2v) is 3.65. The minimum atomic E-state index is -2.86. The van der Waals surface area contributed by atoms with Crippen LogP contribution in [-0.4, -0.2) is 25.0 Å². The number of benzene rings is 1. The number of nitrogens with one attached hydrogen (secondary N) is 1. The summed E-state index contributed by atoms with van der Waals surface area (Å²) in [6.07, 6.45) is -0.0855. The number of carbonyl (C=O) groups is 1. The van der Waals surface area contributed by atoms with Crippen LogP contribution < -0.4 is 10.2 Å². The van der Waals surface area contributed by atoms with Gasteiger partial charge in [-0.15, -0.1) is 0 Å². The maximum Gasteiger partial charge on any atom is 0.427 e. The van der Waals surface area contributed by atoms with Gasteiger partial charge in [0.05, 0.1) is 12.3 Å². The molecule has 0 aliphatic rings. The minimum absolute atomic E-state index is 0.0672. The summed E-state index contributed by atoms with van der Waals surface area (Å²) >= 11 is 0. The molecule has 1 aromatic carbocycles. The third-order valence-corrected chi connectivity index (χ3v) is 2.31. The second kappa shape index (κ2) is 8.08. The number of carbonyl (C=O) groups excluding carboxylic acids is 1. The smallest absolute Gasteiger partial charge is 0.427 e. The van der Waals surface area contributed by atoms with E-state index in [4.69, 9.17) is 0 Å². The van der Waals surface area contributed by atoms with Gasteiger partial charge >= 0.3 is 12.7 Å². The normalized spacial score (nSPS) is 11.3. The van der Waals surface area contributed by atoms with Gasteiger partial charge in [0.15, 0.2) is 0 Å². The Morgan fingerprint density at radius 2 is 1.95 bits per heavy atom. The lowest BCUT2D eigenvalue weighted by Gasteiger charge is -2.07. The van der Waals surface area contributed by atoms with Crippen molar-refractivity contribution in [3.63, 3.8) is 0 Å². The topological polar surface area (TPSA) is 59.9 Å². The molecule has 5 nitrogen and oxygen atoms in total. The molecule has 20 heavy (non-hydrogen) atoms. The summed E-state index contributed by atoms with van der Waals surface area (Å²) in [4.78, 5) is 11.1. The van der Waals surface area contributed by atoms with Gasteiger partial charge in [-0.05, 0) is 43.2 Å². The van der Waals surface area contributed by atoms with Crippen LogP contribution in [0, 0.1) is 0 Å². The van der Waals surface area contributed by atoms with Crippen molar-refractivity contribution in [1.82, 2.24) is 5.43 Å². The van der Waals surface area contributed by atoms with Crippen molar-refractivity contribution in [3.05, 3.63) is 29.8 Å². The van der Waals surface area contributed by atoms with Crippen molar-refractivity contribution in [2.24, 2.45) is 5.10 Å². The first-order chi connectivity index (χ1) is 9.56. The Morgan fingerprint density at radius 3 is 2.45 bits per heavy atom. The highest BCUT2D eigenvalue weighted by molar-refractivity contribution is 6.00. The number of nitrogens with zero attached hydrogens (tertiary/aromatic N) is 1. The van der Waals surface area contributed by atoms with Gasteiger partial charge in [0.25, 0.3) is 0 Å². The molecule has 110 valence electrons. The molecule has 0 aromatic heterocycles. The van der Waals surface area contributed by atoms with E-state index in [9.17, 15) is 13.6 Å². The number of hydrazone groups is 1. The zero-order valence-electron chi connectivity index (χ0n) is 11.2. The lowest BCUT2D eigenvalue weighted by atomic mass is 10.1. The largest absolute Gasteiger partial charge is 0.449 e. The van der Waals surface area contributed by atoms with Gasteiger partial charge in [-0.25, -0.2) is 10.2 Å². The number of ether oxygens (including phenoxy) is 2. The molecule has 0 atom stereocenters. The predicted molar refractivity (Wildman–Crippen MR) is 70.1 cm³/mol. The van der Waals surface area contributed by atoms with Gasteiger partial charge in [0.2, 0.25) is 0 Å². The third kappa shape index (κ3) is 5.21. The third-order valence-electron chi connectivity index (χ3n) is 2.31. The Kier molecular flexibility index (Phi) is 6.42. The highest BCUT2D eigenvalue weighted by Crippen LogP contribution is 2.16. The van der Waals surface area contributed by atoms with E-state index in [-0.39, 0.29) is 12.4 Å². The fourth-order valence-corrected chi connectivity index (χ4v) is 1.45. The molecule has 1 amide bonds. The highest BCUT2D eigenvalue weighted by Gasteiger charge is 2.07. The molecule has 0 fully saturated rings. The fraction of sp³-hybridized carbons (Fsp3) is 0.385. The van der Waals surface area contributed by atoms with Crippen molar-refractivity contribution in [3.8, 4) is 5.75 Å². The lowest BCUT2D eigenvalue weighted by molar-refractivity contribution is -0.0498. The molecular weight excluding hydrogens is 270 g/mol. The average molecular weight is 286 g/mol. The van der Waals surface area contributed by atoms with Crippen LogP contribution in [0.25, 0.3) is 0 Å². The number of hydrogen-bond acceptors (Lipinski definition) is 4. The maximum absolute atomic E-state index is 12.0. The Hall–Kier alpha value is -2.18. The molecule has 1 rings (SSSR count). The summed E-state index contributed by atoms with van der Waals surface area (Å²) in [6, 6.07) is 6.01. The summed E-state index contributed by atoms with van der Waals surface area (Å²) in [5.74, 6) is 0.0672. The van der Waals surface area contributed by atoms with E-state index in [1.54, 1.807) is 19.1 Å². The van der Waals surface area contributed by atoms with E-state index < -0.39 is 12.7 Å². The summed E-state index contributed by atoms with van der Waals surface area (Å²) in [5.41, 5.74) is 3.55. The van der Waals surface area contributed by atoms with E-state index in [1.807, 2.05) is 6.92 Å². The van der Waals surface area contributed by atoms with Crippen LogP contribution >= 0.6 is 0 Å². The van der Waals surface area contributed by atoms with Crippen molar-refractivity contribution in [2.75, 3.05) is 6.61 Å². The molecule has 0 saturated heterocycles. The summed E-state index contributed by atoms with van der Waals surface area (Å²) in [5, 5.41) is 3.92. The van der Waals surface area contributed by atoms with Gasteiger partial charge < -0.3 is 9.47 Å². The monoisotopic (exact) mass is 286 g/mol. The Bertz CT molecular complexity index is 461. The van der Waals surface area contributed by atoms with E-state index in [0.717, 1.165) is 0 Å². The van der Waals surface area contributed by atoms with Gasteiger partial charge in [-0.1, -0.05) is 6.92 Å². The van der Waals surface area contributed by atoms with Crippen LogP contribution in [0.15, 0.2) is 29.4 Å². The Morgan fingerprint density at radius 1 is 1.30 bits per heavy atom. The molecule has 0 unspecified atom stereocenters. The summed E-state index contributed by atoms with van der Waals surface area (Å²) in [7, 11) is 0. The van der Waals surface area contributed by atoms with Crippen molar-refractivity contribution < 1.29 is 23.0 Å². The number of amides is 1. The first-order valence-corrected chi connectivity index (χ1v) is 6.11. The zero-order valence-corrected chi connectivity index (χ0v) is 11.2. The first kappa shape index (κ1) is 15.9. The van der Waals surface area contributed by atoms with Crippen LogP contribution in [0.2, 0.25) is 0 Å². The number of halogens is 2. The number of rotatable bonds is 6. The molecule has 0 heterocycles. The van der Waals surface area contributed by atoms with Gasteiger partial charge in [0, 0.05) is 0 Å². The quantitative estimate of drug-likeness (QED) is 0.645. The molecule has 1 aromatic rings. The molecule has 0 bridgehead atoms. The lowest BCUT2D eigenvalue weighted by Crippen LogP contribution is -2.20. The van der Waals surface area contributed by atoms with Crippen molar-refractivity contribution in [2.45, 2.75) is 26.9 Å². The molecule has 0 spiro atoms. The molecule has 0 aliphatic heterocycles. The van der Waals surface area contributed by atoms with Crippen LogP contribution in [-0.2, 0) is 4.74 Å². The van der Waals surface area contributed by atoms with E-state index >= 15 is 0 Å². The van der Waals surface area contributed by atoms with Crippen molar-refractivity contribution >= 4 is 11.8 Å². The van der Waals surface area contributed by atoms with E-state index in [2.05, 4.69) is 20.0 Å². The molecule has 0 aliphatic carbocycles. The number of hydrogen-bond donors (Lipinski definition) is 1. The highest BCUT2D eigenvalue weighted by atomic mass is 19.3. The summed E-state index contributed by atoms with van der Waals surface area (Å²) < 4.78 is 33.0. The van der Waals surface area contributed by atoms with Gasteiger partial charge in [0.1, 0.15) is 5.75 Å². The Balaban J connectivity index is 2.74. The predicted octanol–water partition coefficient (Wildman–Crippen LogP) is 3.15. The summed E-state index contributed by atoms with van der Waals surface area (Å²) in [6.45, 7) is 0.939. The van der Waals surface area contributed by atoms with E-state index in [0.29, 0.717) is 17.7 Å². The SMILES string of the molecule is CCOC(=O)N/N=C(\CC)c1ccc(OC(F)F)cc1.